The average Bonchev–Trinajstić information content (AvgIpc) is 2.61. The van der Waals surface area contributed by atoms with Crippen molar-refractivity contribution in [2.75, 3.05) is 18.3 Å². The molecular weight excluding hydrogens is 379 g/mol. The van der Waals surface area contributed by atoms with Crippen molar-refractivity contribution in [2.24, 2.45) is 5.92 Å². The molecule has 2 rings (SSSR count). The predicted molar refractivity (Wildman–Crippen MR) is 99.1 cm³/mol. The van der Waals surface area contributed by atoms with Crippen LogP contribution in [0.2, 0.25) is 0 Å². The fourth-order valence-electron chi connectivity index (χ4n) is 2.23. The zero-order valence-corrected chi connectivity index (χ0v) is 15.7. The van der Waals surface area contributed by atoms with E-state index >= 15 is 0 Å². The van der Waals surface area contributed by atoms with Crippen LogP contribution in [0, 0.1) is 5.92 Å². The molecule has 1 aromatic carbocycles. The van der Waals surface area contributed by atoms with Crippen molar-refractivity contribution in [3.05, 3.63) is 69.0 Å². The Hall–Kier alpha value is -1.77. The Morgan fingerprint density at radius 3 is 2.69 bits per heavy atom. The van der Waals surface area contributed by atoms with Crippen LogP contribution in [0.3, 0.4) is 0 Å². The number of aromatic amines is 1. The summed E-state index contributed by atoms with van der Waals surface area (Å²) >= 11 is 1.33. The molecule has 140 valence electrons. The van der Waals surface area contributed by atoms with Gasteiger partial charge in [-0.05, 0) is 5.56 Å². The van der Waals surface area contributed by atoms with E-state index in [1.165, 1.54) is 28.6 Å². The molecule has 8 nitrogen and oxygen atoms in total. The third-order valence-corrected chi connectivity index (χ3v) is 4.93. The number of ether oxygens (including phenoxy) is 1. The summed E-state index contributed by atoms with van der Waals surface area (Å²) < 4.78 is 22.3. The topological polar surface area (TPSA) is 111 Å². The molecule has 0 saturated carbocycles. The lowest BCUT2D eigenvalue weighted by atomic mass is 10.2. The van der Waals surface area contributed by atoms with Crippen LogP contribution in [-0.4, -0.2) is 32.7 Å². The molecule has 0 aliphatic rings. The van der Waals surface area contributed by atoms with Crippen molar-refractivity contribution in [1.82, 2.24) is 9.55 Å². The van der Waals surface area contributed by atoms with Crippen LogP contribution in [-0.2, 0) is 27.0 Å². The SMILES string of the molecule is O=c1ccn(CC(COCc2ccccc2)CSCO[P+](=O)O)c(=O)[nH]1. The normalized spacial score (nSPS) is 12.7. The van der Waals surface area contributed by atoms with E-state index < -0.39 is 19.5 Å². The molecule has 1 heterocycles. The van der Waals surface area contributed by atoms with E-state index in [9.17, 15) is 14.2 Å². The first-order valence-electron chi connectivity index (χ1n) is 7.83. The van der Waals surface area contributed by atoms with Gasteiger partial charge in [-0.15, -0.1) is 21.2 Å². The Kier molecular flexibility index (Phi) is 8.73. The van der Waals surface area contributed by atoms with Gasteiger partial charge in [0.15, 0.2) is 5.94 Å². The highest BCUT2D eigenvalue weighted by Crippen LogP contribution is 2.20. The van der Waals surface area contributed by atoms with Crippen molar-refractivity contribution in [3.8, 4) is 0 Å². The minimum absolute atomic E-state index is 0.0486. The first-order valence-corrected chi connectivity index (χ1v) is 10.1. The van der Waals surface area contributed by atoms with Crippen molar-refractivity contribution >= 4 is 20.0 Å². The summed E-state index contributed by atoms with van der Waals surface area (Å²) in [6, 6.07) is 11.0. The van der Waals surface area contributed by atoms with E-state index in [-0.39, 0.29) is 11.9 Å². The molecule has 26 heavy (non-hydrogen) atoms. The Balaban J connectivity index is 1.92. The van der Waals surface area contributed by atoms with Gasteiger partial charge in [0, 0.05) is 35.0 Å². The van der Waals surface area contributed by atoms with Gasteiger partial charge in [0.25, 0.3) is 5.56 Å². The van der Waals surface area contributed by atoms with E-state index in [4.69, 9.17) is 9.63 Å². The van der Waals surface area contributed by atoms with Gasteiger partial charge in [-0.25, -0.2) is 4.79 Å². The Morgan fingerprint density at radius 2 is 2.00 bits per heavy atom. The molecule has 0 fully saturated rings. The van der Waals surface area contributed by atoms with Crippen LogP contribution in [0.25, 0.3) is 0 Å². The van der Waals surface area contributed by atoms with E-state index in [0.29, 0.717) is 25.5 Å². The maximum absolute atomic E-state index is 11.9. The van der Waals surface area contributed by atoms with Crippen LogP contribution >= 0.6 is 20.0 Å². The highest BCUT2D eigenvalue weighted by Gasteiger charge is 2.15. The summed E-state index contributed by atoms with van der Waals surface area (Å²) in [5, 5.41) is 0. The third-order valence-electron chi connectivity index (χ3n) is 3.42. The molecule has 2 aromatic rings. The van der Waals surface area contributed by atoms with E-state index in [1.807, 2.05) is 30.3 Å². The number of nitrogens with one attached hydrogen (secondary N) is 1. The van der Waals surface area contributed by atoms with Gasteiger partial charge < -0.3 is 9.30 Å². The van der Waals surface area contributed by atoms with Crippen LogP contribution in [0.5, 0.6) is 0 Å². The Morgan fingerprint density at radius 1 is 1.23 bits per heavy atom. The standard InChI is InChI=1S/C16H19N2O6PS/c19-15-6-7-18(16(20)17-15)8-14(11-26-12-24-25(21)22)10-23-9-13-4-2-1-3-5-13/h1-7,14H,8-12H2,(H-,17,19,20,21,22)/p+1. The first-order chi connectivity index (χ1) is 12.5. The second-order valence-corrected chi connectivity index (χ2v) is 7.20. The Bertz CT molecular complexity index is 810. The van der Waals surface area contributed by atoms with Gasteiger partial charge in [0.05, 0.1) is 13.2 Å². The van der Waals surface area contributed by atoms with E-state index in [2.05, 4.69) is 9.51 Å². The molecule has 2 unspecified atom stereocenters. The van der Waals surface area contributed by atoms with Crippen molar-refractivity contribution in [3.63, 3.8) is 0 Å². The van der Waals surface area contributed by atoms with Crippen molar-refractivity contribution in [2.45, 2.75) is 13.2 Å². The number of hydrogen-bond acceptors (Lipinski definition) is 6. The van der Waals surface area contributed by atoms with Crippen LogP contribution in [0.1, 0.15) is 5.56 Å². The monoisotopic (exact) mass is 399 g/mol. The maximum Gasteiger partial charge on any atom is 0.695 e. The summed E-state index contributed by atoms with van der Waals surface area (Å²) in [6.07, 6.45) is 1.44. The van der Waals surface area contributed by atoms with Gasteiger partial charge in [-0.1, -0.05) is 30.3 Å². The average molecular weight is 399 g/mol. The lowest BCUT2D eigenvalue weighted by Gasteiger charge is -2.17. The van der Waals surface area contributed by atoms with Gasteiger partial charge in [-0.2, -0.15) is 0 Å². The second-order valence-electron chi connectivity index (χ2n) is 5.48. The van der Waals surface area contributed by atoms with Gasteiger partial charge >= 0.3 is 13.9 Å². The summed E-state index contributed by atoms with van der Waals surface area (Å²) in [7, 11) is -2.63. The van der Waals surface area contributed by atoms with Gasteiger partial charge in [0.2, 0.25) is 0 Å². The van der Waals surface area contributed by atoms with E-state index in [0.717, 1.165) is 5.56 Å². The number of nitrogens with zero attached hydrogens (tertiary/aromatic N) is 1. The lowest BCUT2D eigenvalue weighted by molar-refractivity contribution is 0.0877. The summed E-state index contributed by atoms with van der Waals surface area (Å²) in [5.74, 6) is 0.581. The maximum atomic E-state index is 11.9. The minimum Gasteiger partial charge on any atom is -0.376 e. The van der Waals surface area contributed by atoms with Crippen molar-refractivity contribution < 1.29 is 18.7 Å². The smallest absolute Gasteiger partial charge is 0.376 e. The van der Waals surface area contributed by atoms with Crippen molar-refractivity contribution in [1.29, 1.82) is 0 Å². The predicted octanol–water partition coefficient (Wildman–Crippen LogP) is 1.73. The largest absolute Gasteiger partial charge is 0.695 e. The zero-order chi connectivity index (χ0) is 18.8. The number of benzene rings is 1. The number of thioether (sulfide) groups is 1. The number of hydrogen-bond donors (Lipinski definition) is 2. The summed E-state index contributed by atoms with van der Waals surface area (Å²) in [4.78, 5) is 33.9. The van der Waals surface area contributed by atoms with E-state index in [1.54, 1.807) is 0 Å². The zero-order valence-electron chi connectivity index (χ0n) is 13.9. The molecule has 1 aromatic heterocycles. The molecule has 2 atom stereocenters. The van der Waals surface area contributed by atoms with Crippen LogP contribution in [0.15, 0.2) is 52.2 Å². The molecule has 0 aliphatic heterocycles. The van der Waals surface area contributed by atoms with Crippen LogP contribution < -0.4 is 11.2 Å². The summed E-state index contributed by atoms with van der Waals surface area (Å²) in [5.41, 5.74) is 0.114. The molecule has 0 bridgehead atoms. The number of rotatable bonds is 11. The number of aromatic nitrogens is 2. The van der Waals surface area contributed by atoms with Crippen LogP contribution in [0.4, 0.5) is 0 Å². The summed E-state index contributed by atoms with van der Waals surface area (Å²) in [6.45, 7) is 1.18. The third kappa shape index (κ3) is 7.63. The number of H-pyrrole nitrogens is 1. The molecule has 0 radical (unpaired) electrons. The second kappa shape index (κ2) is 11.1. The molecule has 2 N–H and O–H groups in total. The van der Waals surface area contributed by atoms with Gasteiger partial charge in [-0.3, -0.25) is 9.78 Å². The molecular formula is C16H20N2O6PS+. The molecule has 0 amide bonds. The fraction of sp³-hybridized carbons (Fsp3) is 0.375. The minimum atomic E-state index is -2.63. The molecule has 0 aliphatic carbocycles. The quantitative estimate of drug-likeness (QED) is 0.336. The fourth-order valence-corrected chi connectivity index (χ4v) is 3.52. The van der Waals surface area contributed by atoms with Gasteiger partial charge in [0.1, 0.15) is 0 Å². The lowest BCUT2D eigenvalue weighted by Crippen LogP contribution is -2.32. The molecule has 10 heteroatoms. The highest BCUT2D eigenvalue weighted by molar-refractivity contribution is 7.99. The Labute approximate surface area is 155 Å². The molecule has 0 spiro atoms. The first kappa shape index (κ1) is 20.5. The molecule has 0 saturated heterocycles. The highest BCUT2D eigenvalue weighted by atomic mass is 32.2.